The fraction of sp³-hybridized carbons (Fsp3) is 0.188. The number of azo groups is 1. The first-order valence-electron chi connectivity index (χ1n) is 7.71. The standard InChI is InChI=1S/C16H19N7O3/c17-8-7-14(24)20-13-6-5-11(16(19)21-13)23-22-10-3-1-2-4-12(10)26-15(25)9-18/h1-6H,7-9,17-18H2,(H3,19,20,21,24). The van der Waals surface area contributed by atoms with Crippen LogP contribution in [0.2, 0.25) is 0 Å². The molecule has 136 valence electrons. The fourth-order valence-corrected chi connectivity index (χ4v) is 1.86. The molecule has 26 heavy (non-hydrogen) atoms. The van der Waals surface area contributed by atoms with E-state index < -0.39 is 5.97 Å². The summed E-state index contributed by atoms with van der Waals surface area (Å²) in [5.41, 5.74) is 17.0. The second kappa shape index (κ2) is 9.20. The van der Waals surface area contributed by atoms with Gasteiger partial charge in [0, 0.05) is 13.0 Å². The lowest BCUT2D eigenvalue weighted by Gasteiger charge is -2.06. The molecule has 10 heteroatoms. The number of para-hydroxylation sites is 1. The number of ether oxygens (including phenoxy) is 1. The molecule has 2 rings (SSSR count). The van der Waals surface area contributed by atoms with Crippen molar-refractivity contribution in [3.8, 4) is 5.75 Å². The van der Waals surface area contributed by atoms with Gasteiger partial charge in [-0.3, -0.25) is 9.59 Å². The number of nitrogens with one attached hydrogen (secondary N) is 1. The lowest BCUT2D eigenvalue weighted by atomic mass is 10.3. The minimum Gasteiger partial charge on any atom is -0.423 e. The third-order valence-corrected chi connectivity index (χ3v) is 3.06. The van der Waals surface area contributed by atoms with E-state index in [1.165, 1.54) is 0 Å². The Labute approximate surface area is 149 Å². The minimum atomic E-state index is -0.591. The van der Waals surface area contributed by atoms with Crippen LogP contribution >= 0.6 is 0 Å². The van der Waals surface area contributed by atoms with Crippen LogP contribution in [0.1, 0.15) is 6.42 Å². The Hall–Kier alpha value is -3.37. The summed E-state index contributed by atoms with van der Waals surface area (Å²) in [6, 6.07) is 9.68. The summed E-state index contributed by atoms with van der Waals surface area (Å²) in [6.45, 7) is -0.0125. The second-order valence-electron chi connectivity index (χ2n) is 5.03. The number of nitrogens with zero attached hydrogens (tertiary/aromatic N) is 3. The van der Waals surface area contributed by atoms with E-state index in [2.05, 4.69) is 20.5 Å². The van der Waals surface area contributed by atoms with E-state index in [0.717, 1.165) is 0 Å². The molecule has 0 aliphatic heterocycles. The molecule has 0 fully saturated rings. The summed E-state index contributed by atoms with van der Waals surface area (Å²) in [4.78, 5) is 26.9. The van der Waals surface area contributed by atoms with Crippen LogP contribution < -0.4 is 27.3 Å². The Morgan fingerprint density at radius 1 is 1.08 bits per heavy atom. The maximum absolute atomic E-state index is 11.5. The first-order chi connectivity index (χ1) is 12.5. The van der Waals surface area contributed by atoms with Gasteiger partial charge in [0.2, 0.25) is 5.91 Å². The van der Waals surface area contributed by atoms with E-state index in [4.69, 9.17) is 21.9 Å². The highest BCUT2D eigenvalue weighted by Gasteiger charge is 2.08. The average molecular weight is 357 g/mol. The third kappa shape index (κ3) is 5.33. The number of nitrogen functional groups attached to an aromatic ring is 1. The van der Waals surface area contributed by atoms with Gasteiger partial charge in [0.1, 0.15) is 17.2 Å². The lowest BCUT2D eigenvalue weighted by Crippen LogP contribution is -2.19. The molecular formula is C16H19N7O3. The summed E-state index contributed by atoms with van der Waals surface area (Å²) in [6.07, 6.45) is 0.182. The van der Waals surface area contributed by atoms with Gasteiger partial charge in [0.15, 0.2) is 11.6 Å². The molecule has 1 heterocycles. The van der Waals surface area contributed by atoms with E-state index in [1.54, 1.807) is 36.4 Å². The van der Waals surface area contributed by atoms with Crippen LogP contribution in [0.3, 0.4) is 0 Å². The molecule has 0 unspecified atom stereocenters. The van der Waals surface area contributed by atoms with Gasteiger partial charge in [0.25, 0.3) is 0 Å². The second-order valence-corrected chi connectivity index (χ2v) is 5.03. The highest BCUT2D eigenvalue weighted by Crippen LogP contribution is 2.30. The molecule has 0 saturated heterocycles. The summed E-state index contributed by atoms with van der Waals surface area (Å²) in [5, 5.41) is 10.6. The molecule has 1 aromatic carbocycles. The van der Waals surface area contributed by atoms with Crippen molar-refractivity contribution < 1.29 is 14.3 Å². The topological polar surface area (TPSA) is 171 Å². The zero-order valence-corrected chi connectivity index (χ0v) is 13.9. The first-order valence-corrected chi connectivity index (χ1v) is 7.71. The van der Waals surface area contributed by atoms with Crippen molar-refractivity contribution in [3.63, 3.8) is 0 Å². The van der Waals surface area contributed by atoms with Crippen molar-refractivity contribution >= 4 is 34.9 Å². The molecule has 1 aromatic heterocycles. The van der Waals surface area contributed by atoms with Gasteiger partial charge in [-0.15, -0.1) is 10.2 Å². The average Bonchev–Trinajstić information content (AvgIpc) is 2.62. The van der Waals surface area contributed by atoms with E-state index in [9.17, 15) is 9.59 Å². The van der Waals surface area contributed by atoms with Crippen molar-refractivity contribution in [1.29, 1.82) is 0 Å². The quantitative estimate of drug-likeness (QED) is 0.328. The zero-order chi connectivity index (χ0) is 18.9. The van der Waals surface area contributed by atoms with Crippen LogP contribution in [0.5, 0.6) is 5.75 Å². The fourth-order valence-electron chi connectivity index (χ4n) is 1.86. The number of rotatable bonds is 7. The highest BCUT2D eigenvalue weighted by molar-refractivity contribution is 5.90. The Morgan fingerprint density at radius 2 is 1.81 bits per heavy atom. The van der Waals surface area contributed by atoms with Crippen LogP contribution in [-0.4, -0.2) is 29.9 Å². The van der Waals surface area contributed by atoms with E-state index in [1.807, 2.05) is 0 Å². The van der Waals surface area contributed by atoms with Crippen molar-refractivity contribution in [3.05, 3.63) is 36.4 Å². The third-order valence-electron chi connectivity index (χ3n) is 3.06. The van der Waals surface area contributed by atoms with Gasteiger partial charge in [-0.05, 0) is 24.3 Å². The van der Waals surface area contributed by atoms with Crippen LogP contribution in [0, 0.1) is 0 Å². The van der Waals surface area contributed by atoms with Gasteiger partial charge < -0.3 is 27.3 Å². The van der Waals surface area contributed by atoms with Crippen molar-refractivity contribution in [2.75, 3.05) is 24.1 Å². The van der Waals surface area contributed by atoms with E-state index >= 15 is 0 Å². The predicted octanol–water partition coefficient (Wildman–Crippen LogP) is 1.23. The summed E-state index contributed by atoms with van der Waals surface area (Å²) in [5.74, 6) is -0.257. The van der Waals surface area contributed by atoms with Crippen molar-refractivity contribution in [1.82, 2.24) is 4.98 Å². The highest BCUT2D eigenvalue weighted by atomic mass is 16.5. The van der Waals surface area contributed by atoms with Gasteiger partial charge >= 0.3 is 5.97 Å². The number of hydrogen-bond donors (Lipinski definition) is 4. The van der Waals surface area contributed by atoms with Gasteiger partial charge in [0.05, 0.1) is 6.54 Å². The number of carbonyl (C=O) groups excluding carboxylic acids is 2. The van der Waals surface area contributed by atoms with Gasteiger partial charge in [-0.2, -0.15) is 0 Å². The molecule has 0 aliphatic carbocycles. The van der Waals surface area contributed by atoms with Crippen molar-refractivity contribution in [2.24, 2.45) is 21.7 Å². The van der Waals surface area contributed by atoms with Crippen molar-refractivity contribution in [2.45, 2.75) is 6.42 Å². The number of esters is 1. The molecule has 0 atom stereocenters. The lowest BCUT2D eigenvalue weighted by molar-refractivity contribution is -0.132. The maximum Gasteiger partial charge on any atom is 0.325 e. The number of nitrogens with two attached hydrogens (primary N) is 3. The van der Waals surface area contributed by atoms with Crippen LogP contribution in [0.25, 0.3) is 0 Å². The normalized spacial score (nSPS) is 10.7. The Morgan fingerprint density at radius 3 is 2.50 bits per heavy atom. The molecule has 0 bridgehead atoms. The SMILES string of the molecule is NCCC(=O)Nc1ccc(N=Nc2ccccc2OC(=O)CN)c(N)n1. The molecule has 0 radical (unpaired) electrons. The number of benzene rings is 1. The van der Waals surface area contributed by atoms with Crippen LogP contribution in [0.4, 0.5) is 23.0 Å². The van der Waals surface area contributed by atoms with E-state index in [-0.39, 0.29) is 42.8 Å². The zero-order valence-electron chi connectivity index (χ0n) is 13.9. The number of anilines is 2. The van der Waals surface area contributed by atoms with Gasteiger partial charge in [-0.25, -0.2) is 4.98 Å². The van der Waals surface area contributed by atoms with Gasteiger partial charge in [-0.1, -0.05) is 12.1 Å². The number of aromatic nitrogens is 1. The maximum atomic E-state index is 11.5. The number of pyridine rings is 1. The molecule has 0 spiro atoms. The molecular weight excluding hydrogens is 338 g/mol. The first kappa shape index (κ1) is 19.0. The minimum absolute atomic E-state index is 0.0794. The number of hydrogen-bond acceptors (Lipinski definition) is 9. The smallest absolute Gasteiger partial charge is 0.325 e. The summed E-state index contributed by atoms with van der Waals surface area (Å²) in [7, 11) is 0. The molecule has 0 saturated carbocycles. The summed E-state index contributed by atoms with van der Waals surface area (Å²) >= 11 is 0. The summed E-state index contributed by atoms with van der Waals surface area (Å²) < 4.78 is 5.08. The monoisotopic (exact) mass is 357 g/mol. The number of carbonyl (C=O) groups is 2. The molecule has 7 N–H and O–H groups in total. The molecule has 10 nitrogen and oxygen atoms in total. The number of amides is 1. The van der Waals surface area contributed by atoms with E-state index in [0.29, 0.717) is 11.4 Å². The molecule has 2 aromatic rings. The van der Waals surface area contributed by atoms with Crippen LogP contribution in [0.15, 0.2) is 46.6 Å². The van der Waals surface area contributed by atoms with Crippen LogP contribution in [-0.2, 0) is 9.59 Å². The Bertz CT molecular complexity index is 823. The molecule has 1 amide bonds. The predicted molar refractivity (Wildman–Crippen MR) is 96.3 cm³/mol. The Kier molecular flexibility index (Phi) is 6.71. The largest absolute Gasteiger partial charge is 0.423 e. The Balaban J connectivity index is 2.16. The molecule has 0 aliphatic rings.